The van der Waals surface area contributed by atoms with E-state index >= 15 is 0 Å². The fraction of sp³-hybridized carbons (Fsp3) is 0.750. The van der Waals surface area contributed by atoms with Crippen LogP contribution in [0.4, 0.5) is 0 Å². The van der Waals surface area contributed by atoms with Crippen molar-refractivity contribution in [2.24, 2.45) is 11.7 Å². The van der Waals surface area contributed by atoms with Gasteiger partial charge in [0.25, 0.3) is 0 Å². The molecule has 0 rings (SSSR count). The smallest absolute Gasteiger partial charge is 0.224 e. The molecule has 0 heterocycles. The lowest BCUT2D eigenvalue weighted by Crippen LogP contribution is -2.21. The highest BCUT2D eigenvalue weighted by Gasteiger charge is 2.09. The third kappa shape index (κ3) is 6.70. The topological polar surface area (TPSA) is 43.1 Å². The van der Waals surface area contributed by atoms with Gasteiger partial charge in [-0.1, -0.05) is 51.5 Å². The zero-order valence-electron chi connectivity index (χ0n) is 9.30. The monoisotopic (exact) mass is 197 g/mol. The number of nitrogens with two attached hydrogens (primary N) is 1. The van der Waals surface area contributed by atoms with Gasteiger partial charge in [0.1, 0.15) is 0 Å². The average Bonchev–Trinajstić information content (AvgIpc) is 2.16. The molecule has 0 aromatic heterocycles. The summed E-state index contributed by atoms with van der Waals surface area (Å²) in [6.45, 7) is 5.82. The van der Waals surface area contributed by atoms with Gasteiger partial charge in [-0.3, -0.25) is 4.79 Å². The summed E-state index contributed by atoms with van der Waals surface area (Å²) >= 11 is 0. The molecule has 0 aromatic carbocycles. The van der Waals surface area contributed by atoms with Gasteiger partial charge in [0.15, 0.2) is 0 Å². The Morgan fingerprint density at radius 2 is 1.86 bits per heavy atom. The third-order valence-corrected chi connectivity index (χ3v) is 2.52. The first-order valence-electron chi connectivity index (χ1n) is 5.64. The molecule has 0 saturated heterocycles. The van der Waals surface area contributed by atoms with Gasteiger partial charge in [-0.25, -0.2) is 0 Å². The van der Waals surface area contributed by atoms with Gasteiger partial charge < -0.3 is 5.73 Å². The minimum absolute atomic E-state index is 0.124. The Balaban J connectivity index is 3.33. The van der Waals surface area contributed by atoms with E-state index in [1.54, 1.807) is 6.08 Å². The van der Waals surface area contributed by atoms with Crippen LogP contribution in [0.25, 0.3) is 0 Å². The maximum absolute atomic E-state index is 10.8. The van der Waals surface area contributed by atoms with Gasteiger partial charge in [-0.2, -0.15) is 0 Å². The van der Waals surface area contributed by atoms with Crippen LogP contribution in [0, 0.1) is 5.92 Å². The molecule has 1 atom stereocenters. The van der Waals surface area contributed by atoms with Crippen LogP contribution < -0.4 is 5.73 Å². The van der Waals surface area contributed by atoms with Crippen LogP contribution in [0.2, 0.25) is 0 Å². The normalized spacial score (nSPS) is 12.4. The highest BCUT2D eigenvalue weighted by Crippen LogP contribution is 2.12. The van der Waals surface area contributed by atoms with Crippen molar-refractivity contribution in [3.63, 3.8) is 0 Å². The van der Waals surface area contributed by atoms with Gasteiger partial charge in [0, 0.05) is 0 Å². The van der Waals surface area contributed by atoms with Crippen LogP contribution in [-0.2, 0) is 4.79 Å². The molecule has 0 fully saturated rings. The number of primary amides is 1. The molecule has 0 aliphatic carbocycles. The van der Waals surface area contributed by atoms with Crippen molar-refractivity contribution in [2.75, 3.05) is 0 Å². The average molecular weight is 197 g/mol. The van der Waals surface area contributed by atoms with E-state index in [1.807, 2.05) is 0 Å². The molecule has 0 saturated carbocycles. The standard InChI is InChI=1S/C12H23NO/c1-3-5-6-7-8-9-10-11(4-2)12(13)14/h4,11H,2-3,5-10H2,1H3,(H2,13,14). The quantitative estimate of drug-likeness (QED) is 0.448. The summed E-state index contributed by atoms with van der Waals surface area (Å²) in [6.07, 6.45) is 10.00. The predicted octanol–water partition coefficient (Wildman–Crippen LogP) is 3.02. The molecule has 0 radical (unpaired) electrons. The number of hydrogen-bond acceptors (Lipinski definition) is 1. The van der Waals surface area contributed by atoms with Gasteiger partial charge >= 0.3 is 0 Å². The minimum atomic E-state index is -0.242. The minimum Gasteiger partial charge on any atom is -0.369 e. The Bertz CT molecular complexity index is 166. The Labute approximate surface area is 87.6 Å². The molecule has 0 aromatic rings. The number of amides is 1. The molecule has 2 nitrogen and oxygen atoms in total. The van der Waals surface area contributed by atoms with E-state index in [4.69, 9.17) is 5.73 Å². The van der Waals surface area contributed by atoms with E-state index in [9.17, 15) is 4.79 Å². The summed E-state index contributed by atoms with van der Waals surface area (Å²) in [7, 11) is 0. The van der Waals surface area contributed by atoms with Crippen molar-refractivity contribution in [3.05, 3.63) is 12.7 Å². The van der Waals surface area contributed by atoms with Crippen LogP contribution >= 0.6 is 0 Å². The Morgan fingerprint density at radius 3 is 2.36 bits per heavy atom. The zero-order valence-corrected chi connectivity index (χ0v) is 9.30. The Kier molecular flexibility index (Phi) is 8.30. The van der Waals surface area contributed by atoms with Gasteiger partial charge in [-0.05, 0) is 6.42 Å². The van der Waals surface area contributed by atoms with Crippen LogP contribution in [-0.4, -0.2) is 5.91 Å². The van der Waals surface area contributed by atoms with Crippen molar-refractivity contribution < 1.29 is 4.79 Å². The van der Waals surface area contributed by atoms with E-state index in [1.165, 1.54) is 32.1 Å². The molecular formula is C12H23NO. The van der Waals surface area contributed by atoms with E-state index in [0.717, 1.165) is 12.8 Å². The molecule has 1 unspecified atom stereocenters. The summed E-state index contributed by atoms with van der Waals surface area (Å²) in [5.41, 5.74) is 5.20. The number of rotatable bonds is 9. The van der Waals surface area contributed by atoms with Gasteiger partial charge in [0.05, 0.1) is 5.92 Å². The van der Waals surface area contributed by atoms with Crippen molar-refractivity contribution >= 4 is 5.91 Å². The summed E-state index contributed by atoms with van der Waals surface area (Å²) in [6, 6.07) is 0. The van der Waals surface area contributed by atoms with Crippen LogP contribution in [0.15, 0.2) is 12.7 Å². The summed E-state index contributed by atoms with van der Waals surface area (Å²) < 4.78 is 0. The molecule has 0 aliphatic rings. The second kappa shape index (κ2) is 8.79. The lowest BCUT2D eigenvalue weighted by atomic mass is 10.00. The van der Waals surface area contributed by atoms with Crippen LogP contribution in [0.3, 0.4) is 0 Å². The largest absolute Gasteiger partial charge is 0.369 e. The van der Waals surface area contributed by atoms with Crippen molar-refractivity contribution in [3.8, 4) is 0 Å². The lowest BCUT2D eigenvalue weighted by Gasteiger charge is -2.07. The highest BCUT2D eigenvalue weighted by atomic mass is 16.1. The molecule has 0 spiro atoms. The predicted molar refractivity (Wildman–Crippen MR) is 60.9 cm³/mol. The maximum atomic E-state index is 10.8. The van der Waals surface area contributed by atoms with Crippen molar-refractivity contribution in [1.29, 1.82) is 0 Å². The summed E-state index contributed by atoms with van der Waals surface area (Å²) in [5, 5.41) is 0. The van der Waals surface area contributed by atoms with Gasteiger partial charge in [0.2, 0.25) is 5.91 Å². The molecular weight excluding hydrogens is 174 g/mol. The second-order valence-electron chi connectivity index (χ2n) is 3.80. The van der Waals surface area contributed by atoms with E-state index in [-0.39, 0.29) is 11.8 Å². The number of carbonyl (C=O) groups excluding carboxylic acids is 1. The Hall–Kier alpha value is -0.790. The Morgan fingerprint density at radius 1 is 1.29 bits per heavy atom. The first-order valence-corrected chi connectivity index (χ1v) is 5.64. The number of unbranched alkanes of at least 4 members (excludes halogenated alkanes) is 5. The molecule has 1 amide bonds. The van der Waals surface area contributed by atoms with Gasteiger partial charge in [-0.15, -0.1) is 6.58 Å². The van der Waals surface area contributed by atoms with E-state index < -0.39 is 0 Å². The lowest BCUT2D eigenvalue weighted by molar-refractivity contribution is -0.120. The zero-order chi connectivity index (χ0) is 10.8. The van der Waals surface area contributed by atoms with Crippen molar-refractivity contribution in [2.45, 2.75) is 51.9 Å². The molecule has 2 heteroatoms. The summed E-state index contributed by atoms with van der Waals surface area (Å²) in [5.74, 6) is -0.366. The van der Waals surface area contributed by atoms with E-state index in [2.05, 4.69) is 13.5 Å². The molecule has 82 valence electrons. The van der Waals surface area contributed by atoms with E-state index in [0.29, 0.717) is 0 Å². The summed E-state index contributed by atoms with van der Waals surface area (Å²) in [4.78, 5) is 10.8. The fourth-order valence-electron chi connectivity index (χ4n) is 1.52. The fourth-order valence-corrected chi connectivity index (χ4v) is 1.52. The third-order valence-electron chi connectivity index (χ3n) is 2.52. The first kappa shape index (κ1) is 13.2. The number of hydrogen-bond donors (Lipinski definition) is 1. The molecule has 14 heavy (non-hydrogen) atoms. The molecule has 0 aliphatic heterocycles. The molecule has 0 bridgehead atoms. The molecule has 2 N–H and O–H groups in total. The highest BCUT2D eigenvalue weighted by molar-refractivity contribution is 5.78. The SMILES string of the molecule is C=CC(CCCCCCCC)C(N)=O. The van der Waals surface area contributed by atoms with Crippen LogP contribution in [0.5, 0.6) is 0 Å². The van der Waals surface area contributed by atoms with Crippen molar-refractivity contribution in [1.82, 2.24) is 0 Å². The maximum Gasteiger partial charge on any atom is 0.224 e. The van der Waals surface area contributed by atoms with Crippen LogP contribution in [0.1, 0.15) is 51.9 Å². The number of carbonyl (C=O) groups is 1. The first-order chi connectivity index (χ1) is 6.72. The second-order valence-corrected chi connectivity index (χ2v) is 3.80.